The number of imidazole rings is 1. The van der Waals surface area contributed by atoms with E-state index in [1.165, 1.54) is 23.0 Å². The number of aromatic amines is 1. The number of aromatic nitrogens is 4. The van der Waals surface area contributed by atoms with Crippen LogP contribution in [0.5, 0.6) is 0 Å². The van der Waals surface area contributed by atoms with E-state index < -0.39 is 0 Å². The number of thiophene rings is 1. The Kier molecular flexibility index (Phi) is 4.69. The Balaban J connectivity index is 1.52. The second kappa shape index (κ2) is 6.89. The molecule has 3 aromatic rings. The summed E-state index contributed by atoms with van der Waals surface area (Å²) in [6, 6.07) is 4.09. The van der Waals surface area contributed by atoms with Crippen molar-refractivity contribution < 1.29 is 4.79 Å². The maximum atomic E-state index is 12.1. The number of hydrogen-bond acceptors (Lipinski definition) is 6. The molecule has 0 aromatic carbocycles. The monoisotopic (exact) mass is 333 g/mol. The fourth-order valence-electron chi connectivity index (χ4n) is 1.92. The van der Waals surface area contributed by atoms with Crippen LogP contribution >= 0.6 is 23.1 Å². The zero-order chi connectivity index (χ0) is 15.4. The Morgan fingerprint density at radius 1 is 1.55 bits per heavy atom. The summed E-state index contributed by atoms with van der Waals surface area (Å²) in [7, 11) is 0. The summed E-state index contributed by atoms with van der Waals surface area (Å²) >= 11 is 3.09. The molecule has 0 aliphatic rings. The first-order valence-electron chi connectivity index (χ1n) is 6.85. The van der Waals surface area contributed by atoms with Crippen molar-refractivity contribution in [2.24, 2.45) is 0 Å². The lowest BCUT2D eigenvalue weighted by Gasteiger charge is -2.09. The highest BCUT2D eigenvalue weighted by Gasteiger charge is 2.16. The molecule has 0 aliphatic carbocycles. The Hall–Kier alpha value is -1.93. The Bertz CT molecular complexity index is 723. The Morgan fingerprint density at radius 3 is 3.23 bits per heavy atom. The number of carbonyl (C=O) groups excluding carboxylic acids is 1. The predicted octanol–water partition coefficient (Wildman–Crippen LogP) is 2.25. The van der Waals surface area contributed by atoms with Crippen LogP contribution in [0.2, 0.25) is 0 Å². The highest BCUT2D eigenvalue weighted by atomic mass is 32.2. The van der Waals surface area contributed by atoms with E-state index >= 15 is 0 Å². The molecule has 0 radical (unpaired) electrons. The van der Waals surface area contributed by atoms with Gasteiger partial charge in [0.05, 0.1) is 11.4 Å². The van der Waals surface area contributed by atoms with Gasteiger partial charge in [0, 0.05) is 11.4 Å². The van der Waals surface area contributed by atoms with Gasteiger partial charge in [0.1, 0.15) is 11.8 Å². The van der Waals surface area contributed by atoms with Gasteiger partial charge in [-0.25, -0.2) is 15.0 Å². The molecule has 2 N–H and O–H groups in total. The zero-order valence-electron chi connectivity index (χ0n) is 11.9. The van der Waals surface area contributed by atoms with Gasteiger partial charge in [-0.1, -0.05) is 17.8 Å². The Morgan fingerprint density at radius 2 is 2.45 bits per heavy atom. The first-order valence-corrected chi connectivity index (χ1v) is 8.61. The number of nitrogens with zero attached hydrogens (tertiary/aromatic N) is 3. The van der Waals surface area contributed by atoms with E-state index in [1.807, 2.05) is 18.4 Å². The second-order valence-electron chi connectivity index (χ2n) is 4.68. The smallest absolute Gasteiger partial charge is 0.233 e. The molecule has 22 heavy (non-hydrogen) atoms. The van der Waals surface area contributed by atoms with Crippen molar-refractivity contribution in [2.45, 2.75) is 23.8 Å². The number of amides is 1. The summed E-state index contributed by atoms with van der Waals surface area (Å²) in [4.78, 5) is 28.8. The van der Waals surface area contributed by atoms with Crippen molar-refractivity contribution in [1.82, 2.24) is 25.3 Å². The SMILES string of the molecule is CC(Sc1nc2ncncc2[nH]1)C(=O)NCCc1cccs1. The molecule has 1 atom stereocenters. The molecule has 0 saturated carbocycles. The summed E-state index contributed by atoms with van der Waals surface area (Å²) in [6.45, 7) is 2.51. The number of H-pyrrole nitrogens is 1. The van der Waals surface area contributed by atoms with E-state index in [0.717, 1.165) is 11.9 Å². The molecule has 3 heterocycles. The summed E-state index contributed by atoms with van der Waals surface area (Å²) in [5.74, 6) is 0.00750. The summed E-state index contributed by atoms with van der Waals surface area (Å²) in [5.41, 5.74) is 1.39. The molecule has 0 aliphatic heterocycles. The van der Waals surface area contributed by atoms with Crippen LogP contribution in [-0.4, -0.2) is 37.6 Å². The molecule has 3 aromatic heterocycles. The maximum absolute atomic E-state index is 12.1. The summed E-state index contributed by atoms with van der Waals surface area (Å²) in [5, 5.41) is 5.45. The summed E-state index contributed by atoms with van der Waals surface area (Å²) in [6.07, 6.45) is 3.99. The van der Waals surface area contributed by atoms with Crippen LogP contribution in [-0.2, 0) is 11.2 Å². The highest BCUT2D eigenvalue weighted by molar-refractivity contribution is 8.00. The van der Waals surface area contributed by atoms with E-state index in [-0.39, 0.29) is 11.2 Å². The van der Waals surface area contributed by atoms with E-state index in [1.54, 1.807) is 17.5 Å². The predicted molar refractivity (Wildman–Crippen MR) is 88.0 cm³/mol. The van der Waals surface area contributed by atoms with Crippen LogP contribution in [0.15, 0.2) is 35.2 Å². The standard InChI is InChI=1S/C14H15N5OS2/c1-9(13(20)16-5-4-10-3-2-6-21-10)22-14-18-11-7-15-8-17-12(11)19-14/h2-3,6-9H,4-5H2,1H3,(H,16,20)(H,15,17,18,19). The van der Waals surface area contributed by atoms with E-state index in [9.17, 15) is 4.79 Å². The van der Waals surface area contributed by atoms with Gasteiger partial charge in [0.2, 0.25) is 5.91 Å². The van der Waals surface area contributed by atoms with Crippen molar-refractivity contribution >= 4 is 40.2 Å². The first-order chi connectivity index (χ1) is 10.7. The van der Waals surface area contributed by atoms with Gasteiger partial charge in [0.15, 0.2) is 10.8 Å². The van der Waals surface area contributed by atoms with Gasteiger partial charge >= 0.3 is 0 Å². The van der Waals surface area contributed by atoms with Gasteiger partial charge in [-0.05, 0) is 24.8 Å². The fraction of sp³-hybridized carbons (Fsp3) is 0.286. The number of fused-ring (bicyclic) bond motifs is 1. The number of thioether (sulfide) groups is 1. The minimum atomic E-state index is -0.225. The Labute approximate surface area is 135 Å². The van der Waals surface area contributed by atoms with Gasteiger partial charge in [0.25, 0.3) is 0 Å². The van der Waals surface area contributed by atoms with Crippen LogP contribution in [0.4, 0.5) is 0 Å². The number of hydrogen-bond donors (Lipinski definition) is 2. The number of nitrogens with one attached hydrogen (secondary N) is 2. The summed E-state index contributed by atoms with van der Waals surface area (Å²) < 4.78 is 0. The molecule has 0 spiro atoms. The topological polar surface area (TPSA) is 83.6 Å². The third-order valence-electron chi connectivity index (χ3n) is 3.05. The average Bonchev–Trinajstić information content (AvgIpc) is 3.15. The third-order valence-corrected chi connectivity index (χ3v) is 4.97. The van der Waals surface area contributed by atoms with Crippen LogP contribution in [0.3, 0.4) is 0 Å². The lowest BCUT2D eigenvalue weighted by atomic mass is 10.3. The minimum absolute atomic E-state index is 0.00750. The molecule has 6 nitrogen and oxygen atoms in total. The molecule has 0 fully saturated rings. The second-order valence-corrected chi connectivity index (χ2v) is 7.04. The lowest BCUT2D eigenvalue weighted by molar-refractivity contribution is -0.120. The van der Waals surface area contributed by atoms with Gasteiger partial charge in [-0.3, -0.25) is 4.79 Å². The molecular formula is C14H15N5OS2. The highest BCUT2D eigenvalue weighted by Crippen LogP contribution is 2.22. The van der Waals surface area contributed by atoms with Crippen molar-refractivity contribution in [3.05, 3.63) is 34.9 Å². The molecule has 1 unspecified atom stereocenters. The van der Waals surface area contributed by atoms with Crippen LogP contribution in [0, 0.1) is 0 Å². The fourth-order valence-corrected chi connectivity index (χ4v) is 3.47. The molecule has 114 valence electrons. The van der Waals surface area contributed by atoms with Gasteiger partial charge < -0.3 is 10.3 Å². The maximum Gasteiger partial charge on any atom is 0.233 e. The van der Waals surface area contributed by atoms with Crippen molar-refractivity contribution in [2.75, 3.05) is 6.54 Å². The molecule has 1 amide bonds. The minimum Gasteiger partial charge on any atom is -0.355 e. The average molecular weight is 333 g/mol. The van der Waals surface area contributed by atoms with E-state index in [4.69, 9.17) is 0 Å². The van der Waals surface area contributed by atoms with Crippen molar-refractivity contribution in [1.29, 1.82) is 0 Å². The third kappa shape index (κ3) is 3.63. The molecular weight excluding hydrogens is 318 g/mol. The van der Waals surface area contributed by atoms with Gasteiger partial charge in [-0.2, -0.15) is 0 Å². The normalized spacial score (nSPS) is 12.4. The molecule has 0 bridgehead atoms. The first kappa shape index (κ1) is 15.0. The number of carbonyl (C=O) groups is 1. The van der Waals surface area contributed by atoms with E-state index in [0.29, 0.717) is 17.3 Å². The molecule has 0 saturated heterocycles. The zero-order valence-corrected chi connectivity index (χ0v) is 13.6. The van der Waals surface area contributed by atoms with Crippen molar-refractivity contribution in [3.63, 3.8) is 0 Å². The van der Waals surface area contributed by atoms with Crippen LogP contribution in [0.25, 0.3) is 11.2 Å². The molecule has 8 heteroatoms. The van der Waals surface area contributed by atoms with Crippen LogP contribution < -0.4 is 5.32 Å². The largest absolute Gasteiger partial charge is 0.355 e. The van der Waals surface area contributed by atoms with Crippen molar-refractivity contribution in [3.8, 4) is 0 Å². The van der Waals surface area contributed by atoms with Crippen LogP contribution in [0.1, 0.15) is 11.8 Å². The lowest BCUT2D eigenvalue weighted by Crippen LogP contribution is -2.32. The van der Waals surface area contributed by atoms with E-state index in [2.05, 4.69) is 31.3 Å². The number of rotatable bonds is 6. The quantitative estimate of drug-likeness (QED) is 0.676. The molecule has 3 rings (SSSR count). The van der Waals surface area contributed by atoms with Gasteiger partial charge in [-0.15, -0.1) is 11.3 Å².